The van der Waals surface area contributed by atoms with Gasteiger partial charge in [0.1, 0.15) is 5.54 Å². The SMILES string of the molecule is CCC(C(=O)N1CCNC(=O)C1(C)C)/C(N)=N/O. The van der Waals surface area contributed by atoms with Gasteiger partial charge in [0, 0.05) is 13.1 Å². The summed E-state index contributed by atoms with van der Waals surface area (Å²) in [6, 6.07) is 0. The molecule has 102 valence electrons. The first kappa shape index (κ1) is 14.3. The van der Waals surface area contributed by atoms with Gasteiger partial charge in [-0.1, -0.05) is 12.1 Å². The summed E-state index contributed by atoms with van der Waals surface area (Å²) in [7, 11) is 0. The van der Waals surface area contributed by atoms with E-state index < -0.39 is 11.5 Å². The lowest BCUT2D eigenvalue weighted by Gasteiger charge is -2.42. The fraction of sp³-hybridized carbons (Fsp3) is 0.727. The van der Waals surface area contributed by atoms with Crippen LogP contribution < -0.4 is 11.1 Å². The molecule has 1 unspecified atom stereocenters. The van der Waals surface area contributed by atoms with Crippen molar-refractivity contribution in [2.75, 3.05) is 13.1 Å². The molecule has 1 heterocycles. The fourth-order valence-corrected chi connectivity index (χ4v) is 2.05. The number of nitrogens with one attached hydrogen (secondary N) is 1. The maximum Gasteiger partial charge on any atom is 0.245 e. The van der Waals surface area contributed by atoms with Gasteiger partial charge in [-0.15, -0.1) is 0 Å². The summed E-state index contributed by atoms with van der Waals surface area (Å²) < 4.78 is 0. The van der Waals surface area contributed by atoms with Crippen molar-refractivity contribution in [3.05, 3.63) is 0 Å². The van der Waals surface area contributed by atoms with Crippen LogP contribution in [0.3, 0.4) is 0 Å². The molecule has 1 rings (SSSR count). The molecule has 1 atom stereocenters. The van der Waals surface area contributed by atoms with Crippen molar-refractivity contribution in [2.24, 2.45) is 16.8 Å². The van der Waals surface area contributed by atoms with Crippen LogP contribution >= 0.6 is 0 Å². The lowest BCUT2D eigenvalue weighted by Crippen LogP contribution is -2.64. The minimum absolute atomic E-state index is 0.121. The van der Waals surface area contributed by atoms with E-state index in [1.165, 1.54) is 4.90 Å². The van der Waals surface area contributed by atoms with E-state index in [0.29, 0.717) is 19.5 Å². The largest absolute Gasteiger partial charge is 0.409 e. The number of hydrogen-bond acceptors (Lipinski definition) is 4. The van der Waals surface area contributed by atoms with Crippen LogP contribution in [0.5, 0.6) is 0 Å². The number of rotatable bonds is 3. The Morgan fingerprint density at radius 1 is 1.67 bits per heavy atom. The van der Waals surface area contributed by atoms with Crippen molar-refractivity contribution >= 4 is 17.6 Å². The molecule has 0 aromatic rings. The van der Waals surface area contributed by atoms with Crippen LogP contribution in [-0.2, 0) is 9.59 Å². The van der Waals surface area contributed by atoms with E-state index in [-0.39, 0.29) is 17.6 Å². The van der Waals surface area contributed by atoms with Crippen LogP contribution in [0.4, 0.5) is 0 Å². The van der Waals surface area contributed by atoms with Crippen molar-refractivity contribution in [1.82, 2.24) is 10.2 Å². The van der Waals surface area contributed by atoms with Gasteiger partial charge in [0.05, 0.1) is 5.92 Å². The Morgan fingerprint density at radius 2 is 2.28 bits per heavy atom. The molecule has 7 heteroatoms. The number of carbonyl (C=O) groups excluding carboxylic acids is 2. The van der Waals surface area contributed by atoms with Gasteiger partial charge in [0.2, 0.25) is 11.8 Å². The standard InChI is InChI=1S/C11H20N4O3/c1-4-7(8(12)14-18)9(16)15-6-5-13-10(17)11(15,2)3/h7,18H,4-6H2,1-3H3,(H2,12,14)(H,13,17). The van der Waals surface area contributed by atoms with Gasteiger partial charge >= 0.3 is 0 Å². The lowest BCUT2D eigenvalue weighted by molar-refractivity contribution is -0.150. The van der Waals surface area contributed by atoms with Crippen molar-refractivity contribution in [3.8, 4) is 0 Å². The highest BCUT2D eigenvalue weighted by Crippen LogP contribution is 2.21. The molecule has 1 fully saturated rings. The highest BCUT2D eigenvalue weighted by molar-refractivity contribution is 6.04. The Bertz CT molecular complexity index is 378. The fourth-order valence-electron chi connectivity index (χ4n) is 2.05. The van der Waals surface area contributed by atoms with E-state index in [1.54, 1.807) is 20.8 Å². The summed E-state index contributed by atoms with van der Waals surface area (Å²) >= 11 is 0. The van der Waals surface area contributed by atoms with Crippen molar-refractivity contribution < 1.29 is 14.8 Å². The van der Waals surface area contributed by atoms with Crippen molar-refractivity contribution in [3.63, 3.8) is 0 Å². The molecule has 0 radical (unpaired) electrons. The van der Waals surface area contributed by atoms with Gasteiger partial charge in [-0.2, -0.15) is 0 Å². The highest BCUT2D eigenvalue weighted by atomic mass is 16.4. The predicted octanol–water partition coefficient (Wildman–Crippen LogP) is -0.504. The number of piperazine rings is 1. The third kappa shape index (κ3) is 2.39. The summed E-state index contributed by atoms with van der Waals surface area (Å²) in [6.45, 7) is 5.97. The molecule has 1 saturated heterocycles. The van der Waals surface area contributed by atoms with Crippen molar-refractivity contribution in [1.29, 1.82) is 0 Å². The molecule has 4 N–H and O–H groups in total. The second-order valence-corrected chi connectivity index (χ2v) is 4.79. The maximum absolute atomic E-state index is 12.4. The zero-order chi connectivity index (χ0) is 13.9. The molecule has 18 heavy (non-hydrogen) atoms. The quantitative estimate of drug-likeness (QED) is 0.274. The zero-order valence-electron chi connectivity index (χ0n) is 10.9. The number of amidine groups is 1. The first-order valence-corrected chi connectivity index (χ1v) is 5.93. The molecular formula is C11H20N4O3. The molecular weight excluding hydrogens is 236 g/mol. The average Bonchev–Trinajstić information content (AvgIpc) is 2.32. The Labute approximate surface area is 106 Å². The molecule has 0 aliphatic carbocycles. The van der Waals surface area contributed by atoms with Gasteiger partial charge in [-0.05, 0) is 20.3 Å². The van der Waals surface area contributed by atoms with Crippen LogP contribution in [0.15, 0.2) is 5.16 Å². The van der Waals surface area contributed by atoms with E-state index in [1.807, 2.05) is 0 Å². The molecule has 0 spiro atoms. The lowest BCUT2D eigenvalue weighted by atomic mass is 9.94. The number of amides is 2. The minimum Gasteiger partial charge on any atom is -0.409 e. The Morgan fingerprint density at radius 3 is 2.78 bits per heavy atom. The summed E-state index contributed by atoms with van der Waals surface area (Å²) in [5, 5.41) is 14.3. The molecule has 0 bridgehead atoms. The second-order valence-electron chi connectivity index (χ2n) is 4.79. The Balaban J connectivity index is 2.98. The molecule has 2 amide bonds. The first-order chi connectivity index (χ1) is 8.36. The van der Waals surface area contributed by atoms with Crippen molar-refractivity contribution in [2.45, 2.75) is 32.7 Å². The molecule has 0 aromatic carbocycles. The summed E-state index contributed by atoms with van der Waals surface area (Å²) in [5.41, 5.74) is 4.59. The van der Waals surface area contributed by atoms with Crippen LogP contribution in [0, 0.1) is 5.92 Å². The molecule has 7 nitrogen and oxygen atoms in total. The van der Waals surface area contributed by atoms with Gasteiger partial charge in [0.15, 0.2) is 5.84 Å². The zero-order valence-corrected chi connectivity index (χ0v) is 10.9. The van der Waals surface area contributed by atoms with E-state index in [2.05, 4.69) is 10.5 Å². The smallest absolute Gasteiger partial charge is 0.245 e. The van der Waals surface area contributed by atoms with Crippen LogP contribution in [0.2, 0.25) is 0 Å². The normalized spacial score (nSPS) is 21.4. The first-order valence-electron chi connectivity index (χ1n) is 5.93. The Kier molecular flexibility index (Phi) is 4.15. The number of oxime groups is 1. The van der Waals surface area contributed by atoms with Crippen LogP contribution in [0.1, 0.15) is 27.2 Å². The summed E-state index contributed by atoms with van der Waals surface area (Å²) in [6.07, 6.45) is 0.420. The second kappa shape index (κ2) is 5.24. The third-order valence-electron chi connectivity index (χ3n) is 3.30. The van der Waals surface area contributed by atoms with Gasteiger partial charge in [-0.25, -0.2) is 0 Å². The average molecular weight is 256 g/mol. The molecule has 0 aromatic heterocycles. The van der Waals surface area contributed by atoms with E-state index in [9.17, 15) is 9.59 Å². The van der Waals surface area contributed by atoms with E-state index >= 15 is 0 Å². The van der Waals surface area contributed by atoms with E-state index in [4.69, 9.17) is 10.9 Å². The van der Waals surface area contributed by atoms with Gasteiger partial charge in [-0.3, -0.25) is 9.59 Å². The van der Waals surface area contributed by atoms with Crippen LogP contribution in [0.25, 0.3) is 0 Å². The maximum atomic E-state index is 12.4. The Hall–Kier alpha value is -1.79. The number of nitrogens with zero attached hydrogens (tertiary/aromatic N) is 2. The number of nitrogens with two attached hydrogens (primary N) is 1. The molecule has 0 saturated carbocycles. The number of carbonyl (C=O) groups is 2. The monoisotopic (exact) mass is 256 g/mol. The van der Waals surface area contributed by atoms with Crippen LogP contribution in [-0.4, -0.2) is 46.4 Å². The summed E-state index contributed by atoms with van der Waals surface area (Å²) in [4.78, 5) is 25.6. The van der Waals surface area contributed by atoms with Gasteiger partial charge < -0.3 is 21.2 Å². The highest BCUT2D eigenvalue weighted by Gasteiger charge is 2.42. The number of hydrogen-bond donors (Lipinski definition) is 3. The molecule has 1 aliphatic heterocycles. The third-order valence-corrected chi connectivity index (χ3v) is 3.30. The van der Waals surface area contributed by atoms with E-state index in [0.717, 1.165) is 0 Å². The predicted molar refractivity (Wildman–Crippen MR) is 66.0 cm³/mol. The minimum atomic E-state index is -0.918. The topological polar surface area (TPSA) is 108 Å². The van der Waals surface area contributed by atoms with Gasteiger partial charge in [0.25, 0.3) is 0 Å². The molecule has 1 aliphatic rings. The summed E-state index contributed by atoms with van der Waals surface area (Å²) in [5.74, 6) is -1.30.